The van der Waals surface area contributed by atoms with Crippen molar-refractivity contribution in [3.05, 3.63) is 53.6 Å². The Balaban J connectivity index is 1.63. The maximum atomic E-state index is 13.2. The number of likely N-dealkylation sites (tertiary alicyclic amines) is 1. The Labute approximate surface area is 154 Å². The molecule has 2 aromatic rings. The minimum Gasteiger partial charge on any atom is -0.373 e. The summed E-state index contributed by atoms with van der Waals surface area (Å²) in [6, 6.07) is 10.2. The summed E-state index contributed by atoms with van der Waals surface area (Å²) < 4.78 is 6.17. The summed E-state index contributed by atoms with van der Waals surface area (Å²) >= 11 is 0. The minimum absolute atomic E-state index is 0.00539. The number of amides is 1. The van der Waals surface area contributed by atoms with Gasteiger partial charge >= 0.3 is 0 Å². The number of aromatic nitrogens is 2. The van der Waals surface area contributed by atoms with Gasteiger partial charge in [-0.3, -0.25) is 4.79 Å². The molecule has 1 N–H and O–H groups in total. The number of nitrogens with zero attached hydrogens (tertiary/aromatic N) is 3. The third-order valence-electron chi connectivity index (χ3n) is 5.32. The van der Waals surface area contributed by atoms with Gasteiger partial charge in [0.2, 0.25) is 0 Å². The molecule has 6 heteroatoms. The Morgan fingerprint density at radius 2 is 2.00 bits per heavy atom. The lowest BCUT2D eigenvalue weighted by Crippen LogP contribution is -2.51. The first kappa shape index (κ1) is 17.2. The number of aromatic amines is 1. The van der Waals surface area contributed by atoms with Crippen LogP contribution in [0.25, 0.3) is 0 Å². The first-order valence-corrected chi connectivity index (χ1v) is 9.44. The smallest absolute Gasteiger partial charge is 0.272 e. The highest BCUT2D eigenvalue weighted by Gasteiger charge is 2.38. The molecule has 0 aliphatic carbocycles. The van der Waals surface area contributed by atoms with Gasteiger partial charge in [-0.1, -0.05) is 30.3 Å². The number of morpholine rings is 1. The van der Waals surface area contributed by atoms with E-state index in [1.807, 2.05) is 30.0 Å². The van der Waals surface area contributed by atoms with E-state index in [0.717, 1.165) is 31.0 Å². The van der Waals surface area contributed by atoms with E-state index in [-0.39, 0.29) is 18.1 Å². The SMILES string of the molecule is Cc1ncc(C(=O)N2CCO[C@@H](CN3CCCC3)[C@@H]2c2ccccc2)[nH]1. The second-order valence-corrected chi connectivity index (χ2v) is 7.15. The van der Waals surface area contributed by atoms with Crippen molar-refractivity contribution < 1.29 is 9.53 Å². The van der Waals surface area contributed by atoms with Crippen molar-refractivity contribution in [1.29, 1.82) is 0 Å². The number of hydrogen-bond donors (Lipinski definition) is 1. The molecule has 1 aromatic carbocycles. The van der Waals surface area contributed by atoms with Crippen molar-refractivity contribution >= 4 is 5.91 Å². The van der Waals surface area contributed by atoms with Crippen LogP contribution in [0.4, 0.5) is 0 Å². The summed E-state index contributed by atoms with van der Waals surface area (Å²) in [5.41, 5.74) is 1.67. The monoisotopic (exact) mass is 354 g/mol. The molecule has 2 fully saturated rings. The lowest BCUT2D eigenvalue weighted by molar-refractivity contribution is -0.0708. The Morgan fingerprint density at radius 3 is 2.69 bits per heavy atom. The zero-order valence-electron chi connectivity index (χ0n) is 15.2. The van der Waals surface area contributed by atoms with Gasteiger partial charge in [0, 0.05) is 13.1 Å². The summed E-state index contributed by atoms with van der Waals surface area (Å²) in [5.74, 6) is 0.751. The average molecular weight is 354 g/mol. The molecule has 138 valence electrons. The van der Waals surface area contributed by atoms with Crippen molar-refractivity contribution in [1.82, 2.24) is 19.8 Å². The van der Waals surface area contributed by atoms with Crippen LogP contribution < -0.4 is 0 Å². The van der Waals surface area contributed by atoms with Gasteiger partial charge in [-0.2, -0.15) is 0 Å². The van der Waals surface area contributed by atoms with E-state index in [9.17, 15) is 4.79 Å². The van der Waals surface area contributed by atoms with Crippen molar-refractivity contribution in [3.8, 4) is 0 Å². The van der Waals surface area contributed by atoms with Crippen LogP contribution in [-0.4, -0.2) is 64.6 Å². The summed E-state index contributed by atoms with van der Waals surface area (Å²) in [6.45, 7) is 6.13. The molecule has 1 aromatic heterocycles. The van der Waals surface area contributed by atoms with E-state index in [0.29, 0.717) is 18.8 Å². The predicted octanol–water partition coefficient (Wildman–Crippen LogP) is 2.40. The van der Waals surface area contributed by atoms with Crippen LogP contribution in [-0.2, 0) is 4.74 Å². The van der Waals surface area contributed by atoms with Crippen molar-refractivity contribution in [2.24, 2.45) is 0 Å². The average Bonchev–Trinajstić information content (AvgIpc) is 3.33. The van der Waals surface area contributed by atoms with Crippen LogP contribution in [0.1, 0.15) is 40.8 Å². The number of ether oxygens (including phenoxy) is 1. The fourth-order valence-electron chi connectivity index (χ4n) is 4.06. The number of hydrogen-bond acceptors (Lipinski definition) is 4. The predicted molar refractivity (Wildman–Crippen MR) is 99.0 cm³/mol. The van der Waals surface area contributed by atoms with Gasteiger partial charge < -0.3 is 19.5 Å². The Kier molecular flexibility index (Phi) is 5.04. The molecular weight excluding hydrogens is 328 g/mol. The topological polar surface area (TPSA) is 61.5 Å². The van der Waals surface area contributed by atoms with Gasteiger partial charge in [0.1, 0.15) is 11.5 Å². The molecule has 26 heavy (non-hydrogen) atoms. The molecular formula is C20H26N4O2. The van der Waals surface area contributed by atoms with E-state index in [2.05, 4.69) is 27.0 Å². The third kappa shape index (κ3) is 3.52. The summed E-state index contributed by atoms with van der Waals surface area (Å²) in [5, 5.41) is 0. The lowest BCUT2D eigenvalue weighted by Gasteiger charge is -2.42. The molecule has 3 heterocycles. The molecule has 0 radical (unpaired) electrons. The number of rotatable bonds is 4. The highest BCUT2D eigenvalue weighted by Crippen LogP contribution is 2.32. The second kappa shape index (κ2) is 7.60. The first-order valence-electron chi connectivity index (χ1n) is 9.44. The second-order valence-electron chi connectivity index (χ2n) is 7.15. The van der Waals surface area contributed by atoms with E-state index in [1.165, 1.54) is 12.8 Å². The van der Waals surface area contributed by atoms with E-state index >= 15 is 0 Å². The summed E-state index contributed by atoms with van der Waals surface area (Å²) in [7, 11) is 0. The molecule has 2 aliphatic rings. The largest absolute Gasteiger partial charge is 0.373 e. The lowest BCUT2D eigenvalue weighted by atomic mass is 9.97. The molecule has 4 rings (SSSR count). The van der Waals surface area contributed by atoms with E-state index < -0.39 is 0 Å². The maximum Gasteiger partial charge on any atom is 0.272 e. The number of benzene rings is 1. The minimum atomic E-state index is -0.0818. The molecule has 2 aliphatic heterocycles. The Hall–Kier alpha value is -2.18. The molecule has 0 bridgehead atoms. The Morgan fingerprint density at radius 1 is 1.23 bits per heavy atom. The normalized spacial score (nSPS) is 24.1. The number of nitrogens with one attached hydrogen (secondary N) is 1. The molecule has 0 spiro atoms. The molecule has 2 saturated heterocycles. The zero-order chi connectivity index (χ0) is 17.9. The van der Waals surface area contributed by atoms with E-state index in [1.54, 1.807) is 6.20 Å². The Bertz CT molecular complexity index is 739. The molecule has 1 amide bonds. The van der Waals surface area contributed by atoms with Gasteiger partial charge in [-0.15, -0.1) is 0 Å². The molecule has 2 atom stereocenters. The van der Waals surface area contributed by atoms with Gasteiger partial charge in [0.15, 0.2) is 0 Å². The molecule has 0 unspecified atom stereocenters. The van der Waals surface area contributed by atoms with Gasteiger partial charge in [0.25, 0.3) is 5.91 Å². The molecule has 0 saturated carbocycles. The number of carbonyl (C=O) groups excluding carboxylic acids is 1. The first-order chi connectivity index (χ1) is 12.7. The quantitative estimate of drug-likeness (QED) is 0.916. The summed E-state index contributed by atoms with van der Waals surface area (Å²) in [4.78, 5) is 24.8. The van der Waals surface area contributed by atoms with E-state index in [4.69, 9.17) is 4.74 Å². The van der Waals surface area contributed by atoms with Crippen LogP contribution in [0.2, 0.25) is 0 Å². The third-order valence-corrected chi connectivity index (χ3v) is 5.32. The zero-order valence-corrected chi connectivity index (χ0v) is 15.2. The fraction of sp³-hybridized carbons (Fsp3) is 0.500. The van der Waals surface area contributed by atoms with Crippen LogP contribution in [0.3, 0.4) is 0 Å². The number of aryl methyl sites for hydroxylation is 1. The van der Waals surface area contributed by atoms with Crippen LogP contribution in [0, 0.1) is 6.92 Å². The van der Waals surface area contributed by atoms with Crippen molar-refractivity contribution in [2.75, 3.05) is 32.8 Å². The van der Waals surface area contributed by atoms with Gasteiger partial charge in [0.05, 0.1) is 24.9 Å². The fourth-order valence-corrected chi connectivity index (χ4v) is 4.06. The summed E-state index contributed by atoms with van der Waals surface area (Å²) in [6.07, 6.45) is 4.11. The van der Waals surface area contributed by atoms with Crippen LogP contribution >= 0.6 is 0 Å². The number of carbonyl (C=O) groups is 1. The van der Waals surface area contributed by atoms with Gasteiger partial charge in [-0.25, -0.2) is 4.98 Å². The molecule has 6 nitrogen and oxygen atoms in total. The maximum absolute atomic E-state index is 13.2. The standard InChI is InChI=1S/C20H26N4O2/c1-15-21-13-17(22-15)20(25)24-11-12-26-18(14-23-9-5-6-10-23)19(24)16-7-3-2-4-8-16/h2-4,7-8,13,18-19H,5-6,9-12,14H2,1H3,(H,21,22)/t18-,19-/m0/s1. The van der Waals surface area contributed by atoms with Crippen molar-refractivity contribution in [3.63, 3.8) is 0 Å². The van der Waals surface area contributed by atoms with Crippen molar-refractivity contribution in [2.45, 2.75) is 31.9 Å². The number of imidazole rings is 1. The van der Waals surface area contributed by atoms with Crippen LogP contribution in [0.15, 0.2) is 36.5 Å². The number of H-pyrrole nitrogens is 1. The highest BCUT2D eigenvalue weighted by molar-refractivity contribution is 5.92. The highest BCUT2D eigenvalue weighted by atomic mass is 16.5. The van der Waals surface area contributed by atoms with Gasteiger partial charge in [-0.05, 0) is 38.4 Å². The van der Waals surface area contributed by atoms with Crippen LogP contribution in [0.5, 0.6) is 0 Å².